The summed E-state index contributed by atoms with van der Waals surface area (Å²) in [5, 5.41) is 13.1. The Bertz CT molecular complexity index is 825. The van der Waals surface area contributed by atoms with Crippen LogP contribution in [0.2, 0.25) is 0 Å². The summed E-state index contributed by atoms with van der Waals surface area (Å²) < 4.78 is 18.6. The van der Waals surface area contributed by atoms with Crippen molar-refractivity contribution in [1.82, 2.24) is 10.2 Å². The van der Waals surface area contributed by atoms with Gasteiger partial charge in [-0.05, 0) is 57.2 Å². The monoisotopic (exact) mass is 418 g/mol. The highest BCUT2D eigenvalue weighted by Gasteiger charge is 2.32. The topological polar surface area (TPSA) is 78.9 Å². The number of halogens is 1. The first kappa shape index (κ1) is 22.3. The Hall–Kier alpha value is -2.41. The largest absolute Gasteiger partial charge is 0.444 e. The van der Waals surface area contributed by atoms with Gasteiger partial charge in [0.05, 0.1) is 6.33 Å². The van der Waals surface area contributed by atoms with E-state index in [1.165, 1.54) is 12.8 Å². The van der Waals surface area contributed by atoms with Crippen LogP contribution in [0.5, 0.6) is 0 Å². The number of hydrogen-bond acceptors (Lipinski definition) is 4. The van der Waals surface area contributed by atoms with Gasteiger partial charge in [-0.25, -0.2) is 9.18 Å². The van der Waals surface area contributed by atoms with E-state index in [0.717, 1.165) is 18.4 Å². The lowest BCUT2D eigenvalue weighted by Crippen LogP contribution is -2.43. The third-order valence-corrected chi connectivity index (χ3v) is 5.65. The van der Waals surface area contributed by atoms with Crippen LogP contribution in [-0.4, -0.2) is 46.7 Å². The van der Waals surface area contributed by atoms with Crippen LogP contribution in [0, 0.1) is 0 Å². The maximum Gasteiger partial charge on any atom is 0.407 e. The molecule has 1 unspecified atom stereocenters. The Labute approximate surface area is 177 Å². The van der Waals surface area contributed by atoms with Gasteiger partial charge in [0.2, 0.25) is 0 Å². The Morgan fingerprint density at radius 2 is 2.07 bits per heavy atom. The van der Waals surface area contributed by atoms with Crippen LogP contribution in [0.1, 0.15) is 74.0 Å². The first-order valence-corrected chi connectivity index (χ1v) is 10.6. The van der Waals surface area contributed by atoms with E-state index < -0.39 is 17.8 Å². The SMILES string of the molecule is CC(C)(C)OC(=O)NC/C(=C/F)C(O)c1ccc2c(c1)CCN(C1CCCC1)C2=O. The molecule has 1 atom stereocenters. The summed E-state index contributed by atoms with van der Waals surface area (Å²) in [7, 11) is 0. The van der Waals surface area contributed by atoms with Gasteiger partial charge in [0, 0.05) is 30.3 Å². The van der Waals surface area contributed by atoms with Gasteiger partial charge in [0.15, 0.2) is 0 Å². The number of nitrogens with one attached hydrogen (secondary N) is 1. The zero-order valence-electron chi connectivity index (χ0n) is 17.9. The first-order chi connectivity index (χ1) is 14.2. The van der Waals surface area contributed by atoms with E-state index in [1.54, 1.807) is 39.0 Å². The van der Waals surface area contributed by atoms with Crippen molar-refractivity contribution in [3.63, 3.8) is 0 Å². The van der Waals surface area contributed by atoms with Gasteiger partial charge in [0.1, 0.15) is 11.7 Å². The van der Waals surface area contributed by atoms with Crippen LogP contribution in [0.25, 0.3) is 0 Å². The molecule has 0 aromatic heterocycles. The van der Waals surface area contributed by atoms with Gasteiger partial charge >= 0.3 is 6.09 Å². The average molecular weight is 419 g/mol. The molecule has 1 fully saturated rings. The fourth-order valence-corrected chi connectivity index (χ4v) is 4.16. The highest BCUT2D eigenvalue weighted by atomic mass is 19.1. The highest BCUT2D eigenvalue weighted by Crippen LogP contribution is 2.31. The molecular weight excluding hydrogens is 387 g/mol. The van der Waals surface area contributed by atoms with Crippen molar-refractivity contribution in [2.45, 2.75) is 70.6 Å². The predicted octanol–water partition coefficient (Wildman–Crippen LogP) is 4.04. The number of benzene rings is 1. The third-order valence-electron chi connectivity index (χ3n) is 5.65. The molecule has 1 aromatic rings. The van der Waals surface area contributed by atoms with Crippen LogP contribution in [0.4, 0.5) is 9.18 Å². The molecule has 0 bridgehead atoms. The van der Waals surface area contributed by atoms with Gasteiger partial charge in [-0.3, -0.25) is 4.79 Å². The second kappa shape index (κ2) is 9.16. The molecule has 1 aliphatic heterocycles. The molecule has 6 nitrogen and oxygen atoms in total. The van der Waals surface area contributed by atoms with E-state index in [2.05, 4.69) is 5.32 Å². The van der Waals surface area contributed by atoms with Crippen molar-refractivity contribution in [1.29, 1.82) is 0 Å². The fourth-order valence-electron chi connectivity index (χ4n) is 4.16. The first-order valence-electron chi connectivity index (χ1n) is 10.6. The Balaban J connectivity index is 1.67. The standard InChI is InChI=1S/C23H31FN2O4/c1-23(2,3)30-22(29)25-14-17(13-24)20(27)16-8-9-19-15(12-16)10-11-26(21(19)28)18-6-4-5-7-18/h8-9,12-13,18,20,27H,4-7,10-11,14H2,1-3H3,(H,25,29)/b17-13-. The van der Waals surface area contributed by atoms with E-state index in [1.807, 2.05) is 4.90 Å². The fraction of sp³-hybridized carbons (Fsp3) is 0.565. The van der Waals surface area contributed by atoms with Crippen molar-refractivity contribution in [3.05, 3.63) is 46.8 Å². The average Bonchev–Trinajstić information content (AvgIpc) is 3.21. The number of carbonyl (C=O) groups is 2. The number of ether oxygens (including phenoxy) is 1. The molecule has 1 heterocycles. The number of carbonyl (C=O) groups excluding carboxylic acids is 2. The number of nitrogens with zero attached hydrogens (tertiary/aromatic N) is 1. The van der Waals surface area contributed by atoms with E-state index in [4.69, 9.17) is 4.74 Å². The molecule has 1 saturated carbocycles. The van der Waals surface area contributed by atoms with Gasteiger partial charge in [-0.15, -0.1) is 0 Å². The zero-order chi connectivity index (χ0) is 21.9. The maximum atomic E-state index is 13.4. The summed E-state index contributed by atoms with van der Waals surface area (Å²) in [6, 6.07) is 5.46. The maximum absolute atomic E-state index is 13.4. The van der Waals surface area contributed by atoms with Crippen LogP contribution < -0.4 is 5.32 Å². The third kappa shape index (κ3) is 5.19. The summed E-state index contributed by atoms with van der Waals surface area (Å²) in [5.41, 5.74) is 1.35. The number of rotatable bonds is 5. The van der Waals surface area contributed by atoms with E-state index in [-0.39, 0.29) is 18.0 Å². The van der Waals surface area contributed by atoms with Crippen molar-refractivity contribution in [3.8, 4) is 0 Å². The van der Waals surface area contributed by atoms with Crippen LogP contribution in [-0.2, 0) is 11.2 Å². The van der Waals surface area contributed by atoms with E-state index in [0.29, 0.717) is 36.5 Å². The smallest absolute Gasteiger partial charge is 0.407 e. The van der Waals surface area contributed by atoms with Crippen molar-refractivity contribution < 1.29 is 23.8 Å². The number of fused-ring (bicyclic) bond motifs is 1. The van der Waals surface area contributed by atoms with Crippen molar-refractivity contribution >= 4 is 12.0 Å². The van der Waals surface area contributed by atoms with Crippen molar-refractivity contribution in [2.75, 3.05) is 13.1 Å². The lowest BCUT2D eigenvalue weighted by atomic mass is 9.92. The number of aliphatic hydroxyl groups is 1. The van der Waals surface area contributed by atoms with Gasteiger partial charge in [-0.1, -0.05) is 25.0 Å². The summed E-state index contributed by atoms with van der Waals surface area (Å²) in [4.78, 5) is 26.7. The second-order valence-electron chi connectivity index (χ2n) is 9.05. The quantitative estimate of drug-likeness (QED) is 0.757. The minimum atomic E-state index is -1.22. The predicted molar refractivity (Wildman–Crippen MR) is 112 cm³/mol. The lowest BCUT2D eigenvalue weighted by Gasteiger charge is -2.34. The molecule has 1 aromatic carbocycles. The second-order valence-corrected chi connectivity index (χ2v) is 9.05. The van der Waals surface area contributed by atoms with E-state index >= 15 is 0 Å². The molecule has 2 N–H and O–H groups in total. The van der Waals surface area contributed by atoms with Gasteiger partial charge in [0.25, 0.3) is 5.91 Å². The molecule has 1 aliphatic carbocycles. The molecule has 0 radical (unpaired) electrons. The van der Waals surface area contributed by atoms with E-state index in [9.17, 15) is 19.1 Å². The summed E-state index contributed by atoms with van der Waals surface area (Å²) in [5.74, 6) is 0.0389. The number of amides is 2. The normalized spacial score (nSPS) is 18.9. The van der Waals surface area contributed by atoms with Crippen LogP contribution >= 0.6 is 0 Å². The number of alkyl carbamates (subject to hydrolysis) is 1. The molecule has 2 aliphatic rings. The van der Waals surface area contributed by atoms with Crippen molar-refractivity contribution in [2.24, 2.45) is 0 Å². The van der Waals surface area contributed by atoms with Crippen LogP contribution in [0.3, 0.4) is 0 Å². The highest BCUT2D eigenvalue weighted by molar-refractivity contribution is 5.97. The summed E-state index contributed by atoms with van der Waals surface area (Å²) in [6.45, 7) is 5.68. The number of aliphatic hydroxyl groups excluding tert-OH is 1. The Morgan fingerprint density at radius 3 is 2.70 bits per heavy atom. The minimum absolute atomic E-state index is 0.00975. The summed E-state index contributed by atoms with van der Waals surface area (Å²) in [6.07, 6.45) is 3.57. The Morgan fingerprint density at radius 1 is 1.37 bits per heavy atom. The van der Waals surface area contributed by atoms with Crippen LogP contribution in [0.15, 0.2) is 30.1 Å². The molecule has 0 saturated heterocycles. The minimum Gasteiger partial charge on any atom is -0.444 e. The Kier molecular flexibility index (Phi) is 6.81. The zero-order valence-corrected chi connectivity index (χ0v) is 17.9. The molecule has 2 amide bonds. The molecule has 30 heavy (non-hydrogen) atoms. The molecule has 0 spiro atoms. The summed E-state index contributed by atoms with van der Waals surface area (Å²) >= 11 is 0. The van der Waals surface area contributed by atoms with Gasteiger partial charge < -0.3 is 20.1 Å². The molecule has 164 valence electrons. The molecular formula is C23H31FN2O4. The molecule has 3 rings (SSSR count). The van der Waals surface area contributed by atoms with Gasteiger partial charge in [-0.2, -0.15) is 0 Å². The number of hydrogen-bond donors (Lipinski definition) is 2. The lowest BCUT2D eigenvalue weighted by molar-refractivity contribution is 0.0528. The molecule has 7 heteroatoms.